The summed E-state index contributed by atoms with van der Waals surface area (Å²) in [6.07, 6.45) is 6.41. The van der Waals surface area contributed by atoms with Crippen molar-refractivity contribution in [3.63, 3.8) is 0 Å². The molecule has 3 rings (SSSR count). The van der Waals surface area contributed by atoms with E-state index in [2.05, 4.69) is 16.0 Å². The van der Waals surface area contributed by atoms with Crippen molar-refractivity contribution in [2.45, 2.75) is 32.4 Å². The van der Waals surface area contributed by atoms with Crippen LogP contribution in [0.2, 0.25) is 0 Å². The number of alkyl halides is 2. The fourth-order valence-electron chi connectivity index (χ4n) is 3.07. The maximum absolute atomic E-state index is 13.7. The Morgan fingerprint density at radius 2 is 2.21 bits per heavy atom. The van der Waals surface area contributed by atoms with Crippen LogP contribution in [0.1, 0.15) is 25.8 Å². The van der Waals surface area contributed by atoms with E-state index in [4.69, 9.17) is 0 Å². The Morgan fingerprint density at radius 3 is 2.83 bits per heavy atom. The SMILES string of the molecule is CC(C)C1N=CC=CN1c1c(C#N)ccnc1N1CCC(F)(F)C1. The summed E-state index contributed by atoms with van der Waals surface area (Å²) in [7, 11) is 0. The van der Waals surface area contributed by atoms with Crippen molar-refractivity contribution >= 4 is 17.7 Å². The topological polar surface area (TPSA) is 55.5 Å². The largest absolute Gasteiger partial charge is 0.349 e. The summed E-state index contributed by atoms with van der Waals surface area (Å²) in [5.74, 6) is -2.13. The molecule has 1 fully saturated rings. The third kappa shape index (κ3) is 2.96. The Bertz CT molecular complexity index is 720. The number of nitriles is 1. The lowest BCUT2D eigenvalue weighted by molar-refractivity contribution is 0.0257. The lowest BCUT2D eigenvalue weighted by Gasteiger charge is -2.35. The molecule has 0 aliphatic carbocycles. The number of halogens is 2. The van der Waals surface area contributed by atoms with Crippen molar-refractivity contribution in [2.75, 3.05) is 22.9 Å². The van der Waals surface area contributed by atoms with Crippen molar-refractivity contribution in [3.05, 3.63) is 30.1 Å². The van der Waals surface area contributed by atoms with Gasteiger partial charge in [0, 0.05) is 31.6 Å². The van der Waals surface area contributed by atoms with Crippen LogP contribution in [0.25, 0.3) is 0 Å². The van der Waals surface area contributed by atoms with Crippen molar-refractivity contribution in [2.24, 2.45) is 10.9 Å². The smallest absolute Gasteiger partial charge is 0.266 e. The van der Waals surface area contributed by atoms with E-state index in [0.717, 1.165) is 0 Å². The first kappa shape index (κ1) is 16.4. The lowest BCUT2D eigenvalue weighted by atomic mass is 10.1. The van der Waals surface area contributed by atoms with Crippen molar-refractivity contribution < 1.29 is 8.78 Å². The number of rotatable bonds is 3. The number of allylic oxidation sites excluding steroid dienone is 1. The molecule has 24 heavy (non-hydrogen) atoms. The molecule has 1 unspecified atom stereocenters. The maximum atomic E-state index is 13.7. The summed E-state index contributed by atoms with van der Waals surface area (Å²) >= 11 is 0. The van der Waals surface area contributed by atoms with Gasteiger partial charge in [-0.05, 0) is 18.1 Å². The zero-order chi connectivity index (χ0) is 17.3. The van der Waals surface area contributed by atoms with E-state index in [-0.39, 0.29) is 31.6 Å². The normalized spacial score (nSPS) is 22.2. The molecule has 2 aliphatic heterocycles. The third-order valence-corrected chi connectivity index (χ3v) is 4.21. The highest BCUT2D eigenvalue weighted by atomic mass is 19.3. The van der Waals surface area contributed by atoms with Crippen LogP contribution < -0.4 is 9.80 Å². The minimum Gasteiger partial charge on any atom is -0.349 e. The third-order valence-electron chi connectivity index (χ3n) is 4.21. The molecule has 0 aromatic carbocycles. The number of nitrogens with zero attached hydrogens (tertiary/aromatic N) is 5. The van der Waals surface area contributed by atoms with Crippen LogP contribution in [-0.4, -0.2) is 36.4 Å². The zero-order valence-electron chi connectivity index (χ0n) is 13.7. The Hall–Kier alpha value is -2.49. The highest BCUT2D eigenvalue weighted by molar-refractivity contribution is 5.80. The number of pyridine rings is 1. The molecule has 126 valence electrons. The quantitative estimate of drug-likeness (QED) is 0.853. The average molecular weight is 331 g/mol. The summed E-state index contributed by atoms with van der Waals surface area (Å²) in [4.78, 5) is 12.2. The van der Waals surface area contributed by atoms with Crippen LogP contribution in [0.15, 0.2) is 29.5 Å². The number of aliphatic imine (C=N–C) groups is 1. The van der Waals surface area contributed by atoms with E-state index in [9.17, 15) is 14.0 Å². The van der Waals surface area contributed by atoms with E-state index in [1.807, 2.05) is 24.9 Å². The van der Waals surface area contributed by atoms with E-state index in [1.165, 1.54) is 6.20 Å². The molecule has 0 radical (unpaired) electrons. The van der Waals surface area contributed by atoms with Crippen molar-refractivity contribution in [1.82, 2.24) is 4.98 Å². The molecule has 0 N–H and O–H groups in total. The van der Waals surface area contributed by atoms with Crippen LogP contribution in [0.5, 0.6) is 0 Å². The summed E-state index contributed by atoms with van der Waals surface area (Å²) < 4.78 is 27.3. The predicted molar refractivity (Wildman–Crippen MR) is 89.5 cm³/mol. The van der Waals surface area contributed by atoms with Gasteiger partial charge in [-0.15, -0.1) is 0 Å². The number of anilines is 2. The van der Waals surface area contributed by atoms with E-state index >= 15 is 0 Å². The molecule has 1 aromatic rings. The molecule has 1 saturated heterocycles. The fraction of sp³-hybridized carbons (Fsp3) is 0.471. The van der Waals surface area contributed by atoms with Gasteiger partial charge in [0.1, 0.15) is 17.9 Å². The molecule has 1 atom stereocenters. The standard InChI is InChI=1S/C17H19F2N5/c1-12(2)15-21-6-3-8-24(15)14-13(10-20)4-7-22-16(14)23-9-5-17(18,19)11-23/h3-4,6-8,12,15H,5,9,11H2,1-2H3. The van der Waals surface area contributed by atoms with Gasteiger partial charge in [-0.25, -0.2) is 13.8 Å². The Balaban J connectivity index is 2.08. The van der Waals surface area contributed by atoms with Gasteiger partial charge in [0.05, 0.1) is 12.1 Å². The molecule has 2 aliphatic rings. The lowest BCUT2D eigenvalue weighted by Crippen LogP contribution is -2.37. The van der Waals surface area contributed by atoms with Crippen LogP contribution in [0, 0.1) is 17.2 Å². The molecule has 0 saturated carbocycles. The maximum Gasteiger partial charge on any atom is 0.266 e. The summed E-state index contributed by atoms with van der Waals surface area (Å²) in [5.41, 5.74) is 0.951. The number of hydrogen-bond acceptors (Lipinski definition) is 5. The minimum absolute atomic E-state index is 0.186. The first-order valence-electron chi connectivity index (χ1n) is 7.93. The first-order chi connectivity index (χ1) is 11.4. The van der Waals surface area contributed by atoms with Crippen LogP contribution in [0.4, 0.5) is 20.3 Å². The molecule has 1 aromatic heterocycles. The molecule has 3 heterocycles. The van der Waals surface area contributed by atoms with Crippen molar-refractivity contribution in [3.8, 4) is 6.07 Å². The average Bonchev–Trinajstić information content (AvgIpc) is 2.94. The van der Waals surface area contributed by atoms with Gasteiger partial charge in [-0.2, -0.15) is 5.26 Å². The highest BCUT2D eigenvalue weighted by Gasteiger charge is 2.40. The van der Waals surface area contributed by atoms with E-state index in [1.54, 1.807) is 23.3 Å². The second kappa shape index (κ2) is 6.19. The Morgan fingerprint density at radius 1 is 1.42 bits per heavy atom. The zero-order valence-corrected chi connectivity index (χ0v) is 13.7. The van der Waals surface area contributed by atoms with E-state index in [0.29, 0.717) is 17.1 Å². The van der Waals surface area contributed by atoms with Crippen LogP contribution >= 0.6 is 0 Å². The highest BCUT2D eigenvalue weighted by Crippen LogP contribution is 2.39. The second-order valence-corrected chi connectivity index (χ2v) is 6.37. The number of aromatic nitrogens is 1. The summed E-state index contributed by atoms with van der Waals surface area (Å²) in [6, 6.07) is 3.76. The van der Waals surface area contributed by atoms with Gasteiger partial charge in [0.2, 0.25) is 0 Å². The van der Waals surface area contributed by atoms with Gasteiger partial charge >= 0.3 is 0 Å². The second-order valence-electron chi connectivity index (χ2n) is 6.37. The summed E-state index contributed by atoms with van der Waals surface area (Å²) in [5, 5.41) is 9.51. The fourth-order valence-corrected chi connectivity index (χ4v) is 3.07. The van der Waals surface area contributed by atoms with Crippen LogP contribution in [-0.2, 0) is 0 Å². The van der Waals surface area contributed by atoms with E-state index < -0.39 is 5.92 Å². The molecular weight excluding hydrogens is 312 g/mol. The molecule has 0 bridgehead atoms. The Kier molecular flexibility index (Phi) is 4.22. The molecule has 0 amide bonds. The van der Waals surface area contributed by atoms with Crippen LogP contribution in [0.3, 0.4) is 0 Å². The molecular formula is C17H19F2N5. The van der Waals surface area contributed by atoms with Gasteiger partial charge in [-0.1, -0.05) is 13.8 Å². The first-order valence-corrected chi connectivity index (χ1v) is 7.93. The van der Waals surface area contributed by atoms with Gasteiger partial charge in [0.25, 0.3) is 5.92 Å². The Labute approximate surface area is 139 Å². The molecule has 5 nitrogen and oxygen atoms in total. The van der Waals surface area contributed by atoms with Gasteiger partial charge < -0.3 is 9.80 Å². The number of hydrogen-bond donors (Lipinski definition) is 0. The predicted octanol–water partition coefficient (Wildman–Crippen LogP) is 3.19. The molecule has 7 heteroatoms. The van der Waals surface area contributed by atoms with Gasteiger partial charge in [0.15, 0.2) is 5.82 Å². The summed E-state index contributed by atoms with van der Waals surface area (Å²) in [6.45, 7) is 3.89. The van der Waals surface area contributed by atoms with Gasteiger partial charge in [-0.3, -0.25) is 4.99 Å². The molecule has 0 spiro atoms. The van der Waals surface area contributed by atoms with Crippen molar-refractivity contribution in [1.29, 1.82) is 5.26 Å². The monoisotopic (exact) mass is 331 g/mol. The minimum atomic E-state index is -2.73.